The summed E-state index contributed by atoms with van der Waals surface area (Å²) in [7, 11) is -0.819. The van der Waals surface area contributed by atoms with Crippen molar-refractivity contribution < 1.29 is 9.68 Å². The Balaban J connectivity index is 2.38. The summed E-state index contributed by atoms with van der Waals surface area (Å²) in [6.07, 6.45) is -0.168. The minimum atomic E-state index is -0.819. The van der Waals surface area contributed by atoms with Crippen LogP contribution in [0.5, 0.6) is 0 Å². The topological polar surface area (TPSA) is 41.8 Å². The van der Waals surface area contributed by atoms with Crippen LogP contribution in [0.3, 0.4) is 0 Å². The lowest BCUT2D eigenvalue weighted by molar-refractivity contribution is 0.169. The molecule has 1 aliphatic rings. The van der Waals surface area contributed by atoms with Gasteiger partial charge in [0, 0.05) is 0 Å². The summed E-state index contributed by atoms with van der Waals surface area (Å²) < 4.78 is 5.41. The second-order valence-electron chi connectivity index (χ2n) is 3.46. The Labute approximate surface area is 83.6 Å². The molecule has 1 aromatic carbocycles. The van der Waals surface area contributed by atoms with E-state index in [0.717, 1.165) is 11.0 Å². The Morgan fingerprint density at radius 3 is 3.00 bits per heavy atom. The molecule has 0 radical (unpaired) electrons. The lowest BCUT2D eigenvalue weighted by atomic mass is 9.79. The van der Waals surface area contributed by atoms with Gasteiger partial charge in [0.15, 0.2) is 0 Å². The van der Waals surface area contributed by atoms with Crippen molar-refractivity contribution in [3.63, 3.8) is 0 Å². The molecule has 1 N–H and O–H groups in total. The molecule has 2 rings (SSSR count). The minimum absolute atomic E-state index is 0.0340. The van der Waals surface area contributed by atoms with Gasteiger partial charge in [-0.2, -0.15) is 0 Å². The molecule has 1 heterocycles. The lowest BCUT2D eigenvalue weighted by Crippen LogP contribution is -2.27. The molecule has 72 valence electrons. The SMILES string of the molecule is C=NC(C)C1OB(O)c2ccccc21. The maximum atomic E-state index is 9.61. The van der Waals surface area contributed by atoms with Gasteiger partial charge in [0.2, 0.25) is 0 Å². The third-order valence-corrected chi connectivity index (χ3v) is 2.57. The molecule has 14 heavy (non-hydrogen) atoms. The molecule has 0 aliphatic carbocycles. The molecule has 4 heteroatoms. The van der Waals surface area contributed by atoms with Crippen LogP contribution in [-0.2, 0) is 4.65 Å². The van der Waals surface area contributed by atoms with Crippen LogP contribution in [0.4, 0.5) is 0 Å². The zero-order chi connectivity index (χ0) is 10.1. The molecule has 0 spiro atoms. The van der Waals surface area contributed by atoms with Gasteiger partial charge in [0.1, 0.15) is 0 Å². The van der Waals surface area contributed by atoms with Crippen molar-refractivity contribution in [2.45, 2.75) is 19.1 Å². The number of aliphatic imine (C=N–C) groups is 1. The Morgan fingerprint density at radius 2 is 2.29 bits per heavy atom. The van der Waals surface area contributed by atoms with Crippen molar-refractivity contribution >= 4 is 19.3 Å². The van der Waals surface area contributed by atoms with Crippen LogP contribution >= 0.6 is 0 Å². The summed E-state index contributed by atoms with van der Waals surface area (Å²) >= 11 is 0. The highest BCUT2D eigenvalue weighted by molar-refractivity contribution is 6.61. The molecule has 0 fully saturated rings. The first-order valence-corrected chi connectivity index (χ1v) is 4.62. The first kappa shape index (κ1) is 9.43. The predicted molar refractivity (Wildman–Crippen MR) is 56.9 cm³/mol. The van der Waals surface area contributed by atoms with Crippen molar-refractivity contribution in [3.8, 4) is 0 Å². The van der Waals surface area contributed by atoms with Gasteiger partial charge >= 0.3 is 7.12 Å². The van der Waals surface area contributed by atoms with Crippen LogP contribution in [0.2, 0.25) is 0 Å². The Kier molecular flexibility index (Phi) is 2.39. The normalized spacial score (nSPS) is 21.9. The summed E-state index contributed by atoms with van der Waals surface area (Å²) in [6, 6.07) is 7.62. The molecule has 1 aliphatic heterocycles. The number of hydrogen-bond donors (Lipinski definition) is 1. The fourth-order valence-electron chi connectivity index (χ4n) is 1.75. The average Bonchev–Trinajstić information content (AvgIpc) is 2.56. The van der Waals surface area contributed by atoms with Crippen molar-refractivity contribution in [2.75, 3.05) is 0 Å². The molecule has 3 nitrogen and oxygen atoms in total. The smallest absolute Gasteiger partial charge is 0.423 e. The van der Waals surface area contributed by atoms with E-state index in [0.29, 0.717) is 0 Å². The van der Waals surface area contributed by atoms with Crippen LogP contribution in [0.1, 0.15) is 18.6 Å². The fourth-order valence-corrected chi connectivity index (χ4v) is 1.75. The highest BCUT2D eigenvalue weighted by Gasteiger charge is 2.36. The first-order chi connectivity index (χ1) is 6.74. The highest BCUT2D eigenvalue weighted by Crippen LogP contribution is 2.27. The second kappa shape index (κ2) is 3.56. The number of nitrogens with zero attached hydrogens (tertiary/aromatic N) is 1. The third kappa shape index (κ3) is 1.36. The van der Waals surface area contributed by atoms with Crippen molar-refractivity contribution in [1.29, 1.82) is 0 Å². The van der Waals surface area contributed by atoms with Crippen molar-refractivity contribution in [1.82, 2.24) is 0 Å². The molecule has 2 unspecified atom stereocenters. The van der Waals surface area contributed by atoms with Crippen LogP contribution in [0.15, 0.2) is 29.3 Å². The van der Waals surface area contributed by atoms with Crippen LogP contribution in [0.25, 0.3) is 0 Å². The minimum Gasteiger partial charge on any atom is -0.423 e. The van der Waals surface area contributed by atoms with Gasteiger partial charge in [-0.1, -0.05) is 24.3 Å². The number of hydrogen-bond acceptors (Lipinski definition) is 3. The van der Waals surface area contributed by atoms with E-state index in [4.69, 9.17) is 4.65 Å². The van der Waals surface area contributed by atoms with Crippen LogP contribution in [-0.4, -0.2) is 24.9 Å². The van der Waals surface area contributed by atoms with E-state index >= 15 is 0 Å². The first-order valence-electron chi connectivity index (χ1n) is 4.62. The third-order valence-electron chi connectivity index (χ3n) is 2.57. The van der Waals surface area contributed by atoms with E-state index in [2.05, 4.69) is 11.7 Å². The summed E-state index contributed by atoms with van der Waals surface area (Å²) in [6.45, 7) is 5.41. The highest BCUT2D eigenvalue weighted by atomic mass is 16.5. The summed E-state index contributed by atoms with van der Waals surface area (Å²) in [5.41, 5.74) is 1.85. The molecule has 0 bridgehead atoms. The lowest BCUT2D eigenvalue weighted by Gasteiger charge is -2.16. The van der Waals surface area contributed by atoms with Crippen molar-refractivity contribution in [2.24, 2.45) is 4.99 Å². The standard InChI is InChI=1S/C10H12BNO2/c1-7(12-2)10-8-5-3-4-6-9(8)11(13)14-10/h3-7,10,13H,2H2,1H3. The molecule has 2 atom stereocenters. The van der Waals surface area contributed by atoms with E-state index < -0.39 is 7.12 Å². The van der Waals surface area contributed by atoms with Crippen LogP contribution in [0, 0.1) is 0 Å². The molecule has 0 aromatic heterocycles. The maximum Gasteiger partial charge on any atom is 0.492 e. The Hall–Kier alpha value is -1.13. The molecule has 1 aromatic rings. The summed E-state index contributed by atoms with van der Waals surface area (Å²) in [5, 5.41) is 9.61. The van der Waals surface area contributed by atoms with Crippen molar-refractivity contribution in [3.05, 3.63) is 29.8 Å². The molecular formula is C10H12BNO2. The monoisotopic (exact) mass is 189 g/mol. The summed E-state index contributed by atoms with van der Waals surface area (Å²) in [5.74, 6) is 0. The predicted octanol–water partition coefficient (Wildman–Crippen LogP) is 0.534. The van der Waals surface area contributed by atoms with E-state index in [9.17, 15) is 5.02 Å². The number of rotatable bonds is 2. The number of benzene rings is 1. The van der Waals surface area contributed by atoms with Gasteiger partial charge in [-0.25, -0.2) is 0 Å². The van der Waals surface area contributed by atoms with Gasteiger partial charge in [-0.15, -0.1) is 0 Å². The van der Waals surface area contributed by atoms with E-state index in [-0.39, 0.29) is 12.1 Å². The Morgan fingerprint density at radius 1 is 1.57 bits per heavy atom. The molecular weight excluding hydrogens is 177 g/mol. The van der Waals surface area contributed by atoms with Crippen LogP contribution < -0.4 is 5.46 Å². The zero-order valence-electron chi connectivity index (χ0n) is 8.05. The summed E-state index contributed by atoms with van der Waals surface area (Å²) in [4.78, 5) is 3.92. The zero-order valence-corrected chi connectivity index (χ0v) is 8.05. The maximum absolute atomic E-state index is 9.61. The van der Waals surface area contributed by atoms with E-state index in [1.807, 2.05) is 31.2 Å². The van der Waals surface area contributed by atoms with Gasteiger partial charge < -0.3 is 9.68 Å². The van der Waals surface area contributed by atoms with Gasteiger partial charge in [0.05, 0.1) is 12.1 Å². The fraction of sp³-hybridized carbons (Fsp3) is 0.300. The number of fused-ring (bicyclic) bond motifs is 1. The molecule has 0 amide bonds. The van der Waals surface area contributed by atoms with Gasteiger partial charge in [0.25, 0.3) is 0 Å². The van der Waals surface area contributed by atoms with Gasteiger partial charge in [-0.05, 0) is 24.7 Å². The Bertz CT molecular complexity index is 356. The quantitative estimate of drug-likeness (QED) is 0.544. The largest absolute Gasteiger partial charge is 0.492 e. The second-order valence-corrected chi connectivity index (χ2v) is 3.46. The van der Waals surface area contributed by atoms with Gasteiger partial charge in [-0.3, -0.25) is 4.99 Å². The average molecular weight is 189 g/mol. The molecule has 0 saturated carbocycles. The molecule has 0 saturated heterocycles. The van der Waals surface area contributed by atoms with E-state index in [1.54, 1.807) is 0 Å². The van der Waals surface area contributed by atoms with E-state index in [1.165, 1.54) is 0 Å².